The zero-order valence-corrected chi connectivity index (χ0v) is 27.7. The smallest absolute Gasteiger partial charge is 0.264 e. The number of carbonyl (C=O) groups is 2. The molecule has 0 radical (unpaired) electrons. The van der Waals surface area contributed by atoms with E-state index in [1.807, 2.05) is 50.2 Å². The largest absolute Gasteiger partial charge is 0.354 e. The van der Waals surface area contributed by atoms with E-state index in [1.54, 1.807) is 42.5 Å². The number of aryl methyl sites for hydroxylation is 1. The molecule has 2 amide bonds. The molecular weight excluding hydrogens is 629 g/mol. The Kier molecular flexibility index (Phi) is 12.0. The van der Waals surface area contributed by atoms with Gasteiger partial charge in [0, 0.05) is 29.6 Å². The molecule has 0 aliphatic heterocycles. The third-order valence-corrected chi connectivity index (χ3v) is 9.62. The molecule has 0 aliphatic carbocycles. The monoisotopic (exact) mass is 665 g/mol. The van der Waals surface area contributed by atoms with Gasteiger partial charge >= 0.3 is 0 Å². The lowest BCUT2D eigenvalue weighted by atomic mass is 10.0. The second kappa shape index (κ2) is 15.9. The second-order valence-corrected chi connectivity index (χ2v) is 13.5. The van der Waals surface area contributed by atoms with E-state index in [2.05, 4.69) is 5.32 Å². The van der Waals surface area contributed by atoms with Gasteiger partial charge in [0.05, 0.1) is 10.6 Å². The number of benzene rings is 4. The first kappa shape index (κ1) is 34.0. The predicted octanol–water partition coefficient (Wildman–Crippen LogP) is 7.05. The average molecular weight is 667 g/mol. The van der Waals surface area contributed by atoms with Crippen LogP contribution in [0.1, 0.15) is 36.5 Å². The Bertz CT molecular complexity index is 1680. The van der Waals surface area contributed by atoms with E-state index < -0.39 is 28.5 Å². The third kappa shape index (κ3) is 9.33. The zero-order valence-electron chi connectivity index (χ0n) is 25.3. The molecule has 0 heterocycles. The highest BCUT2D eigenvalue weighted by Crippen LogP contribution is 2.26. The van der Waals surface area contributed by atoms with E-state index in [-0.39, 0.29) is 23.8 Å². The van der Waals surface area contributed by atoms with Crippen molar-refractivity contribution in [3.8, 4) is 0 Å². The quantitative estimate of drug-likeness (QED) is 0.146. The van der Waals surface area contributed by atoms with Crippen LogP contribution in [0.25, 0.3) is 0 Å². The van der Waals surface area contributed by atoms with Crippen LogP contribution in [0.5, 0.6) is 0 Å². The summed E-state index contributed by atoms with van der Waals surface area (Å²) in [4.78, 5) is 29.7. The van der Waals surface area contributed by atoms with Gasteiger partial charge in [-0.05, 0) is 73.0 Å². The normalized spacial score (nSPS) is 11.9. The third-order valence-electron chi connectivity index (χ3n) is 7.35. The lowest BCUT2D eigenvalue weighted by molar-refractivity contribution is -0.140. The first-order valence-corrected chi connectivity index (χ1v) is 17.0. The van der Waals surface area contributed by atoms with Crippen molar-refractivity contribution in [2.45, 2.75) is 50.6 Å². The Morgan fingerprint density at radius 2 is 1.49 bits per heavy atom. The van der Waals surface area contributed by atoms with Gasteiger partial charge in [0.15, 0.2) is 0 Å². The van der Waals surface area contributed by atoms with E-state index >= 15 is 0 Å². The fourth-order valence-electron chi connectivity index (χ4n) is 4.87. The van der Waals surface area contributed by atoms with Crippen LogP contribution in [0.4, 0.5) is 5.69 Å². The molecule has 10 heteroatoms. The van der Waals surface area contributed by atoms with Gasteiger partial charge < -0.3 is 10.2 Å². The molecule has 0 bridgehead atoms. The van der Waals surface area contributed by atoms with Crippen LogP contribution in [0.3, 0.4) is 0 Å². The van der Waals surface area contributed by atoms with Crippen LogP contribution in [-0.2, 0) is 32.6 Å². The molecule has 0 aromatic heterocycles. The summed E-state index contributed by atoms with van der Waals surface area (Å²) >= 11 is 12.4. The highest BCUT2D eigenvalue weighted by atomic mass is 35.5. The number of anilines is 1. The molecule has 4 rings (SSSR count). The Morgan fingerprint density at radius 1 is 0.822 bits per heavy atom. The number of carbonyl (C=O) groups excluding carboxylic acids is 2. The second-order valence-electron chi connectivity index (χ2n) is 10.8. The Hall–Kier alpha value is -3.85. The number of amides is 2. The number of rotatable bonds is 14. The summed E-state index contributed by atoms with van der Waals surface area (Å²) in [5.41, 5.74) is 2.82. The number of hydrogen-bond acceptors (Lipinski definition) is 4. The van der Waals surface area contributed by atoms with Crippen LogP contribution >= 0.6 is 23.2 Å². The van der Waals surface area contributed by atoms with Crippen LogP contribution < -0.4 is 9.62 Å². The van der Waals surface area contributed by atoms with E-state index in [1.165, 1.54) is 29.2 Å². The van der Waals surface area contributed by atoms with Gasteiger partial charge in [0.1, 0.15) is 12.6 Å². The van der Waals surface area contributed by atoms with Gasteiger partial charge in [-0.2, -0.15) is 0 Å². The number of sulfonamides is 1. The van der Waals surface area contributed by atoms with Crippen molar-refractivity contribution in [1.29, 1.82) is 0 Å². The van der Waals surface area contributed by atoms with Gasteiger partial charge in [0.25, 0.3) is 10.0 Å². The fraction of sp³-hybridized carbons (Fsp3) is 0.257. The van der Waals surface area contributed by atoms with E-state index in [0.29, 0.717) is 27.8 Å². The zero-order chi connectivity index (χ0) is 32.4. The summed E-state index contributed by atoms with van der Waals surface area (Å²) in [6, 6.07) is 28.3. The van der Waals surface area contributed by atoms with Crippen LogP contribution in [0, 0.1) is 6.92 Å². The van der Waals surface area contributed by atoms with Gasteiger partial charge in [-0.1, -0.05) is 96.7 Å². The standard InChI is InChI=1S/C35H37Cl2N3O4S/c1-3-4-21-38-35(42)33(23-27-9-6-5-7-10-27)39(24-28-11-8-12-30(37)22-28)34(41)25-40(31-17-13-26(2)14-18-31)45(43,44)32-19-15-29(36)16-20-32/h5-20,22,33H,3-4,21,23-25H2,1-2H3,(H,38,42). The summed E-state index contributed by atoms with van der Waals surface area (Å²) < 4.78 is 29.2. The fourth-order valence-corrected chi connectivity index (χ4v) is 6.62. The first-order valence-electron chi connectivity index (χ1n) is 14.8. The van der Waals surface area contributed by atoms with E-state index in [4.69, 9.17) is 23.2 Å². The van der Waals surface area contributed by atoms with E-state index in [0.717, 1.165) is 28.3 Å². The number of nitrogens with zero attached hydrogens (tertiary/aromatic N) is 2. The Morgan fingerprint density at radius 3 is 2.13 bits per heavy atom. The minimum absolute atomic E-state index is 0.0141. The number of hydrogen-bond donors (Lipinski definition) is 1. The topological polar surface area (TPSA) is 86.8 Å². The van der Waals surface area contributed by atoms with Crippen molar-refractivity contribution < 1.29 is 18.0 Å². The molecule has 236 valence electrons. The number of unbranched alkanes of at least 4 members (excludes halogenated alkanes) is 1. The minimum atomic E-state index is -4.21. The molecule has 45 heavy (non-hydrogen) atoms. The first-order chi connectivity index (χ1) is 21.6. The molecule has 1 atom stereocenters. The molecular formula is C35H37Cl2N3O4S. The molecule has 4 aromatic carbocycles. The van der Waals surface area contributed by atoms with Crippen LogP contribution in [0.15, 0.2) is 108 Å². The van der Waals surface area contributed by atoms with E-state index in [9.17, 15) is 18.0 Å². The summed E-state index contributed by atoms with van der Waals surface area (Å²) in [5.74, 6) is -0.857. The lowest BCUT2D eigenvalue weighted by Crippen LogP contribution is -2.53. The highest BCUT2D eigenvalue weighted by Gasteiger charge is 2.34. The summed E-state index contributed by atoms with van der Waals surface area (Å²) in [6.07, 6.45) is 1.91. The van der Waals surface area contributed by atoms with Crippen molar-refractivity contribution in [3.05, 3.63) is 130 Å². The molecule has 1 unspecified atom stereocenters. The van der Waals surface area contributed by atoms with Gasteiger partial charge in [-0.3, -0.25) is 13.9 Å². The summed E-state index contributed by atoms with van der Waals surface area (Å²) in [7, 11) is -4.21. The molecule has 0 saturated heterocycles. The maximum atomic E-state index is 14.5. The molecule has 1 N–H and O–H groups in total. The van der Waals surface area contributed by atoms with Crippen molar-refractivity contribution >= 4 is 50.7 Å². The molecule has 7 nitrogen and oxygen atoms in total. The van der Waals surface area contributed by atoms with Crippen molar-refractivity contribution in [2.75, 3.05) is 17.4 Å². The van der Waals surface area contributed by atoms with Gasteiger partial charge in [-0.25, -0.2) is 8.42 Å². The van der Waals surface area contributed by atoms with Crippen molar-refractivity contribution in [2.24, 2.45) is 0 Å². The minimum Gasteiger partial charge on any atom is -0.354 e. The van der Waals surface area contributed by atoms with Crippen LogP contribution in [0.2, 0.25) is 10.0 Å². The van der Waals surface area contributed by atoms with Gasteiger partial charge in [0.2, 0.25) is 11.8 Å². The maximum Gasteiger partial charge on any atom is 0.264 e. The molecule has 0 spiro atoms. The Labute approximate surface area is 275 Å². The maximum absolute atomic E-state index is 14.5. The predicted molar refractivity (Wildman–Crippen MR) is 181 cm³/mol. The average Bonchev–Trinajstić information content (AvgIpc) is 3.02. The van der Waals surface area contributed by atoms with Crippen molar-refractivity contribution in [3.63, 3.8) is 0 Å². The molecule has 4 aromatic rings. The molecule has 0 fully saturated rings. The highest BCUT2D eigenvalue weighted by molar-refractivity contribution is 7.92. The lowest BCUT2D eigenvalue weighted by Gasteiger charge is -2.34. The number of nitrogens with one attached hydrogen (secondary N) is 1. The molecule has 0 aliphatic rings. The number of halogens is 2. The summed E-state index contributed by atoms with van der Waals surface area (Å²) in [5, 5.41) is 3.86. The van der Waals surface area contributed by atoms with Gasteiger partial charge in [-0.15, -0.1) is 0 Å². The molecule has 0 saturated carbocycles. The SMILES string of the molecule is CCCCNC(=O)C(Cc1ccccc1)N(Cc1cccc(Cl)c1)C(=O)CN(c1ccc(C)cc1)S(=O)(=O)c1ccc(Cl)cc1. The summed E-state index contributed by atoms with van der Waals surface area (Å²) in [6.45, 7) is 3.89. The Balaban J connectivity index is 1.78. The van der Waals surface area contributed by atoms with Crippen molar-refractivity contribution in [1.82, 2.24) is 10.2 Å². The van der Waals surface area contributed by atoms with Crippen LogP contribution in [-0.4, -0.2) is 44.3 Å².